The Morgan fingerprint density at radius 1 is 1.05 bits per heavy atom. The van der Waals surface area contributed by atoms with Gasteiger partial charge in [0.15, 0.2) is 0 Å². The van der Waals surface area contributed by atoms with Crippen molar-refractivity contribution in [1.82, 2.24) is 19.4 Å². The number of rotatable bonds is 7. The maximum atomic E-state index is 14.0. The lowest BCUT2D eigenvalue weighted by molar-refractivity contribution is 0.00713. The summed E-state index contributed by atoms with van der Waals surface area (Å²) in [5.74, 6) is 1.48. The van der Waals surface area contributed by atoms with Gasteiger partial charge in [-0.25, -0.2) is 9.78 Å². The largest absolute Gasteiger partial charge is 0.497 e. The second-order valence-corrected chi connectivity index (χ2v) is 11.8. The minimum Gasteiger partial charge on any atom is -0.497 e. The zero-order chi connectivity index (χ0) is 28.6. The molecule has 1 amide bonds. The lowest BCUT2D eigenvalue weighted by Crippen LogP contribution is -2.51. The molecule has 1 aliphatic heterocycles. The maximum absolute atomic E-state index is 14.0. The van der Waals surface area contributed by atoms with Gasteiger partial charge in [0.2, 0.25) is 0 Å². The summed E-state index contributed by atoms with van der Waals surface area (Å²) in [6, 6.07) is 18.1. The Labute approximate surface area is 235 Å². The smallest absolute Gasteiger partial charge is 0.410 e. The Balaban J connectivity index is 1.54. The van der Waals surface area contributed by atoms with E-state index in [0.29, 0.717) is 30.5 Å². The van der Waals surface area contributed by atoms with Crippen LogP contribution in [0.1, 0.15) is 38.9 Å². The van der Waals surface area contributed by atoms with E-state index in [4.69, 9.17) is 14.5 Å². The van der Waals surface area contributed by atoms with Crippen LogP contribution in [0.15, 0.2) is 59.4 Å². The standard InChI is InChI=1S/C32H38N4O4/c1-32(2,3)40-31(38)35-19-23(20-35)29-33-28-13-12-22(17-27(28)30(37)36(29)15-9-14-34(4)5)26-18-24(39-6)16-21-10-7-8-11-25(21)26/h7-8,10-13,16-18,23H,9,14-15,19-20H2,1-6H3. The number of hydrogen-bond donors (Lipinski definition) is 0. The number of likely N-dealkylation sites (tertiary alicyclic amines) is 1. The van der Waals surface area contributed by atoms with E-state index < -0.39 is 5.60 Å². The number of benzene rings is 3. The molecule has 0 radical (unpaired) electrons. The van der Waals surface area contributed by atoms with Gasteiger partial charge >= 0.3 is 6.09 Å². The van der Waals surface area contributed by atoms with Crippen LogP contribution in [-0.2, 0) is 11.3 Å². The van der Waals surface area contributed by atoms with Crippen molar-refractivity contribution in [2.45, 2.75) is 45.3 Å². The molecular formula is C32H38N4O4. The fourth-order valence-corrected chi connectivity index (χ4v) is 5.24. The molecular weight excluding hydrogens is 504 g/mol. The third-order valence-corrected chi connectivity index (χ3v) is 7.25. The fourth-order valence-electron chi connectivity index (χ4n) is 5.24. The topological polar surface area (TPSA) is 76.9 Å². The summed E-state index contributed by atoms with van der Waals surface area (Å²) in [6.45, 7) is 7.95. The first-order chi connectivity index (χ1) is 19.0. The average molecular weight is 543 g/mol. The molecule has 0 N–H and O–H groups in total. The van der Waals surface area contributed by atoms with Crippen LogP contribution < -0.4 is 10.3 Å². The zero-order valence-corrected chi connectivity index (χ0v) is 24.2. The van der Waals surface area contributed by atoms with Gasteiger partial charge in [-0.3, -0.25) is 9.36 Å². The highest BCUT2D eigenvalue weighted by molar-refractivity contribution is 5.99. The van der Waals surface area contributed by atoms with Gasteiger partial charge in [0.25, 0.3) is 5.56 Å². The average Bonchev–Trinajstić information content (AvgIpc) is 2.87. The van der Waals surface area contributed by atoms with Crippen LogP contribution in [0.4, 0.5) is 4.79 Å². The van der Waals surface area contributed by atoms with E-state index in [1.165, 1.54) is 0 Å². The van der Waals surface area contributed by atoms with Gasteiger partial charge in [0, 0.05) is 19.6 Å². The van der Waals surface area contributed by atoms with E-state index in [-0.39, 0.29) is 17.6 Å². The highest BCUT2D eigenvalue weighted by atomic mass is 16.6. The van der Waals surface area contributed by atoms with E-state index >= 15 is 0 Å². The van der Waals surface area contributed by atoms with Crippen molar-refractivity contribution in [2.24, 2.45) is 0 Å². The quantitative estimate of drug-likeness (QED) is 0.307. The third kappa shape index (κ3) is 5.68. The Hall–Kier alpha value is -3.91. The highest BCUT2D eigenvalue weighted by Crippen LogP contribution is 2.34. The minimum absolute atomic E-state index is 0.0222. The minimum atomic E-state index is -0.552. The molecule has 40 heavy (non-hydrogen) atoms. The monoisotopic (exact) mass is 542 g/mol. The van der Waals surface area contributed by atoms with Crippen LogP contribution >= 0.6 is 0 Å². The molecule has 1 fully saturated rings. The van der Waals surface area contributed by atoms with Gasteiger partial charge in [-0.1, -0.05) is 30.3 Å². The molecule has 5 rings (SSSR count). The van der Waals surface area contributed by atoms with Crippen LogP contribution in [0, 0.1) is 0 Å². The zero-order valence-electron chi connectivity index (χ0n) is 24.2. The molecule has 4 aromatic rings. The van der Waals surface area contributed by atoms with Crippen molar-refractivity contribution in [3.05, 3.63) is 70.8 Å². The summed E-state index contributed by atoms with van der Waals surface area (Å²) in [5, 5.41) is 2.75. The Morgan fingerprint density at radius 2 is 1.80 bits per heavy atom. The first kappa shape index (κ1) is 27.6. The van der Waals surface area contributed by atoms with Crippen molar-refractivity contribution >= 4 is 27.8 Å². The Morgan fingerprint density at radius 3 is 2.50 bits per heavy atom. The summed E-state index contributed by atoms with van der Waals surface area (Å²) in [5.41, 5.74) is 2.00. The summed E-state index contributed by atoms with van der Waals surface area (Å²) >= 11 is 0. The van der Waals surface area contributed by atoms with Gasteiger partial charge in [-0.15, -0.1) is 0 Å². The number of amides is 1. The second-order valence-electron chi connectivity index (χ2n) is 11.8. The first-order valence-corrected chi connectivity index (χ1v) is 13.8. The van der Waals surface area contributed by atoms with Gasteiger partial charge < -0.3 is 19.3 Å². The number of fused-ring (bicyclic) bond motifs is 2. The van der Waals surface area contributed by atoms with Gasteiger partial charge in [-0.2, -0.15) is 0 Å². The predicted octanol–water partition coefficient (Wildman–Crippen LogP) is 5.51. The lowest BCUT2D eigenvalue weighted by Gasteiger charge is -2.40. The molecule has 210 valence electrons. The molecule has 0 atom stereocenters. The van der Waals surface area contributed by atoms with Gasteiger partial charge in [-0.05, 0) is 94.0 Å². The number of carbonyl (C=O) groups is 1. The number of nitrogens with zero attached hydrogens (tertiary/aromatic N) is 4. The van der Waals surface area contributed by atoms with Crippen LogP contribution in [0.2, 0.25) is 0 Å². The van der Waals surface area contributed by atoms with E-state index in [9.17, 15) is 9.59 Å². The SMILES string of the molecule is COc1cc(-c2ccc3nc(C4CN(C(=O)OC(C)(C)C)C4)n(CCCN(C)C)c(=O)c3c2)c2ccccc2c1. The molecule has 1 aliphatic rings. The molecule has 8 heteroatoms. The van der Waals surface area contributed by atoms with Crippen molar-refractivity contribution < 1.29 is 14.3 Å². The second kappa shape index (κ2) is 10.9. The van der Waals surface area contributed by atoms with Crippen LogP contribution in [-0.4, -0.2) is 71.9 Å². The predicted molar refractivity (Wildman–Crippen MR) is 159 cm³/mol. The normalized spacial score (nSPS) is 14.1. The first-order valence-electron chi connectivity index (χ1n) is 13.8. The molecule has 0 aliphatic carbocycles. The third-order valence-electron chi connectivity index (χ3n) is 7.25. The molecule has 1 saturated heterocycles. The molecule has 0 saturated carbocycles. The molecule has 8 nitrogen and oxygen atoms in total. The van der Waals surface area contributed by atoms with E-state index in [0.717, 1.165) is 46.4 Å². The molecule has 0 spiro atoms. The van der Waals surface area contributed by atoms with E-state index in [1.54, 1.807) is 12.0 Å². The highest BCUT2D eigenvalue weighted by Gasteiger charge is 2.37. The summed E-state index contributed by atoms with van der Waals surface area (Å²) < 4.78 is 12.9. The maximum Gasteiger partial charge on any atom is 0.410 e. The molecule has 0 bridgehead atoms. The summed E-state index contributed by atoms with van der Waals surface area (Å²) in [6.07, 6.45) is 0.483. The van der Waals surface area contributed by atoms with Crippen molar-refractivity contribution in [1.29, 1.82) is 0 Å². The molecule has 2 heterocycles. The number of hydrogen-bond acceptors (Lipinski definition) is 6. The van der Waals surface area contributed by atoms with Crippen LogP contribution in [0.25, 0.3) is 32.8 Å². The van der Waals surface area contributed by atoms with Crippen molar-refractivity contribution in [3.63, 3.8) is 0 Å². The number of carbonyl (C=O) groups excluding carboxylic acids is 1. The van der Waals surface area contributed by atoms with Crippen molar-refractivity contribution in [3.8, 4) is 16.9 Å². The molecule has 3 aromatic carbocycles. The van der Waals surface area contributed by atoms with Gasteiger partial charge in [0.05, 0.1) is 23.9 Å². The van der Waals surface area contributed by atoms with E-state index in [2.05, 4.69) is 17.0 Å². The Bertz CT molecular complexity index is 1610. The Kier molecular flexibility index (Phi) is 7.55. The number of methoxy groups -OCH3 is 1. The van der Waals surface area contributed by atoms with Crippen LogP contribution in [0.3, 0.4) is 0 Å². The fraction of sp³-hybridized carbons (Fsp3) is 0.406. The van der Waals surface area contributed by atoms with Crippen molar-refractivity contribution in [2.75, 3.05) is 40.8 Å². The van der Waals surface area contributed by atoms with E-state index in [1.807, 2.05) is 81.9 Å². The number of ether oxygens (including phenoxy) is 2. The molecule has 1 aromatic heterocycles. The lowest BCUT2D eigenvalue weighted by atomic mass is 9.96. The van der Waals surface area contributed by atoms with Gasteiger partial charge in [0.1, 0.15) is 17.2 Å². The summed E-state index contributed by atoms with van der Waals surface area (Å²) in [4.78, 5) is 35.3. The van der Waals surface area contributed by atoms with Crippen LogP contribution in [0.5, 0.6) is 5.75 Å². The molecule has 0 unspecified atom stereocenters. The summed E-state index contributed by atoms with van der Waals surface area (Å²) in [7, 11) is 5.71. The number of aromatic nitrogens is 2.